The van der Waals surface area contributed by atoms with Crippen LogP contribution in [0, 0.1) is 6.92 Å². The molecule has 0 amide bonds. The highest BCUT2D eigenvalue weighted by Gasteiger charge is 2.22. The van der Waals surface area contributed by atoms with E-state index in [4.69, 9.17) is 9.26 Å². The average Bonchev–Trinajstić information content (AvgIpc) is 3.31. The maximum absolute atomic E-state index is 5.51. The third-order valence-electron chi connectivity index (χ3n) is 4.27. The number of fused-ring (bicyclic) bond motifs is 1. The Morgan fingerprint density at radius 1 is 1.23 bits per heavy atom. The van der Waals surface area contributed by atoms with Gasteiger partial charge in [0.15, 0.2) is 5.82 Å². The predicted molar refractivity (Wildman–Crippen MR) is 96.8 cm³/mol. The molecule has 0 spiro atoms. The van der Waals surface area contributed by atoms with Crippen molar-refractivity contribution in [1.82, 2.24) is 25.7 Å². The molecule has 26 heavy (non-hydrogen) atoms. The van der Waals surface area contributed by atoms with E-state index in [0.29, 0.717) is 18.3 Å². The monoisotopic (exact) mass is 349 g/mol. The molecule has 132 valence electrons. The first-order valence-electron chi connectivity index (χ1n) is 8.33. The summed E-state index contributed by atoms with van der Waals surface area (Å²) < 4.78 is 10.7. The number of nitrogens with zero attached hydrogens (tertiary/aromatic N) is 3. The fraction of sp³-hybridized carbons (Fsp3) is 0.211. The van der Waals surface area contributed by atoms with Gasteiger partial charge in [-0.05, 0) is 17.7 Å². The summed E-state index contributed by atoms with van der Waals surface area (Å²) in [6, 6.07) is 13.8. The number of benzene rings is 2. The van der Waals surface area contributed by atoms with Crippen molar-refractivity contribution >= 4 is 10.9 Å². The molecule has 4 rings (SSSR count). The van der Waals surface area contributed by atoms with Gasteiger partial charge in [0.2, 0.25) is 5.89 Å². The molecule has 0 aliphatic rings. The predicted octanol–water partition coefficient (Wildman–Crippen LogP) is 3.14. The molecule has 2 N–H and O–H groups in total. The molecule has 0 fully saturated rings. The first-order chi connectivity index (χ1) is 12.7. The third-order valence-corrected chi connectivity index (χ3v) is 4.27. The topological polar surface area (TPSA) is 88.9 Å². The van der Waals surface area contributed by atoms with Crippen molar-refractivity contribution in [2.24, 2.45) is 0 Å². The minimum absolute atomic E-state index is 0.249. The van der Waals surface area contributed by atoms with Gasteiger partial charge >= 0.3 is 0 Å². The summed E-state index contributed by atoms with van der Waals surface area (Å²) in [5, 5.41) is 15.8. The minimum atomic E-state index is -0.249. The Labute approximate surface area is 150 Å². The summed E-state index contributed by atoms with van der Waals surface area (Å²) in [6.07, 6.45) is 1.81. The quantitative estimate of drug-likeness (QED) is 0.556. The zero-order chi connectivity index (χ0) is 17.9. The minimum Gasteiger partial charge on any atom is -0.496 e. The van der Waals surface area contributed by atoms with Crippen molar-refractivity contribution < 1.29 is 9.26 Å². The van der Waals surface area contributed by atoms with Crippen LogP contribution in [0.5, 0.6) is 5.75 Å². The molecule has 2 aromatic carbocycles. The molecule has 7 nitrogen and oxygen atoms in total. The van der Waals surface area contributed by atoms with Gasteiger partial charge in [0.25, 0.3) is 0 Å². The van der Waals surface area contributed by atoms with E-state index in [2.05, 4.69) is 37.8 Å². The molecule has 2 heterocycles. The second kappa shape index (κ2) is 6.97. The van der Waals surface area contributed by atoms with Crippen LogP contribution in [0.1, 0.15) is 28.9 Å². The molecule has 2 aromatic heterocycles. The van der Waals surface area contributed by atoms with Crippen LogP contribution >= 0.6 is 0 Å². The number of para-hydroxylation sites is 1. The molecule has 7 heteroatoms. The number of aryl methyl sites for hydroxylation is 1. The Balaban J connectivity index is 1.64. The summed E-state index contributed by atoms with van der Waals surface area (Å²) >= 11 is 0. The Bertz CT molecular complexity index is 1020. The lowest BCUT2D eigenvalue weighted by Crippen LogP contribution is -2.23. The van der Waals surface area contributed by atoms with Crippen molar-refractivity contribution in [1.29, 1.82) is 0 Å². The van der Waals surface area contributed by atoms with Gasteiger partial charge in [-0.3, -0.25) is 10.4 Å². The highest BCUT2D eigenvalue weighted by molar-refractivity contribution is 5.78. The molecule has 0 radical (unpaired) electrons. The summed E-state index contributed by atoms with van der Waals surface area (Å²) in [6.45, 7) is 2.41. The van der Waals surface area contributed by atoms with Crippen molar-refractivity contribution in [3.05, 3.63) is 71.5 Å². The number of aromatic amines is 1. The largest absolute Gasteiger partial charge is 0.496 e. The Kier molecular flexibility index (Phi) is 4.37. The maximum Gasteiger partial charge on any atom is 0.223 e. The van der Waals surface area contributed by atoms with Crippen LogP contribution in [0.25, 0.3) is 10.9 Å². The van der Waals surface area contributed by atoms with E-state index in [0.717, 1.165) is 27.8 Å². The van der Waals surface area contributed by atoms with Crippen LogP contribution in [-0.4, -0.2) is 27.4 Å². The third kappa shape index (κ3) is 3.16. The highest BCUT2D eigenvalue weighted by atomic mass is 16.5. The Morgan fingerprint density at radius 2 is 2.12 bits per heavy atom. The van der Waals surface area contributed by atoms with Gasteiger partial charge in [-0.1, -0.05) is 35.5 Å². The van der Waals surface area contributed by atoms with E-state index in [1.807, 2.05) is 36.5 Å². The van der Waals surface area contributed by atoms with Gasteiger partial charge in [0, 0.05) is 24.4 Å². The molecule has 0 saturated carbocycles. The number of H-pyrrole nitrogens is 1. The lowest BCUT2D eigenvalue weighted by atomic mass is 10.0. The summed E-state index contributed by atoms with van der Waals surface area (Å²) in [5.41, 5.74) is 3.09. The second-order valence-corrected chi connectivity index (χ2v) is 6.02. The van der Waals surface area contributed by atoms with Gasteiger partial charge in [-0.25, -0.2) is 0 Å². The summed E-state index contributed by atoms with van der Waals surface area (Å²) in [4.78, 5) is 4.40. The second-order valence-electron chi connectivity index (χ2n) is 6.02. The fourth-order valence-electron chi connectivity index (χ4n) is 2.99. The molecule has 4 aromatic rings. The van der Waals surface area contributed by atoms with Crippen LogP contribution in [0.3, 0.4) is 0 Å². The zero-order valence-electron chi connectivity index (χ0n) is 14.6. The van der Waals surface area contributed by atoms with E-state index >= 15 is 0 Å². The molecular formula is C19H19N5O2. The number of hydrogen-bond donors (Lipinski definition) is 2. The van der Waals surface area contributed by atoms with Crippen LogP contribution in [-0.2, 0) is 6.54 Å². The number of hydrogen-bond acceptors (Lipinski definition) is 6. The van der Waals surface area contributed by atoms with Crippen molar-refractivity contribution in [3.63, 3.8) is 0 Å². The van der Waals surface area contributed by atoms with Crippen molar-refractivity contribution in [3.8, 4) is 5.75 Å². The smallest absolute Gasteiger partial charge is 0.223 e. The van der Waals surface area contributed by atoms with Crippen molar-refractivity contribution in [2.45, 2.75) is 19.5 Å². The van der Waals surface area contributed by atoms with Gasteiger partial charge in [-0.2, -0.15) is 10.1 Å². The number of methoxy groups -OCH3 is 1. The molecule has 1 atom stereocenters. The van der Waals surface area contributed by atoms with Gasteiger partial charge in [0.1, 0.15) is 11.8 Å². The number of aromatic nitrogens is 4. The lowest BCUT2D eigenvalue weighted by Gasteiger charge is -2.18. The van der Waals surface area contributed by atoms with E-state index in [1.165, 1.54) is 0 Å². The Morgan fingerprint density at radius 3 is 2.92 bits per heavy atom. The lowest BCUT2D eigenvalue weighted by molar-refractivity contribution is 0.377. The van der Waals surface area contributed by atoms with E-state index < -0.39 is 0 Å². The normalized spacial score (nSPS) is 12.4. The highest BCUT2D eigenvalue weighted by Crippen LogP contribution is 2.29. The summed E-state index contributed by atoms with van der Waals surface area (Å²) in [5.74, 6) is 1.88. The standard InChI is InChI=1S/C19H19N5O2/c1-12-22-19(24-26-12)18(15-5-3-4-6-17(15)25-2)20-10-13-7-8-14-11-21-23-16(14)9-13/h3-9,11,18,20H,10H2,1-2H3,(H,21,23). The van der Waals surface area contributed by atoms with E-state index in [-0.39, 0.29) is 6.04 Å². The number of rotatable bonds is 6. The molecule has 0 aliphatic carbocycles. The van der Waals surface area contributed by atoms with E-state index in [9.17, 15) is 0 Å². The van der Waals surface area contributed by atoms with Crippen LogP contribution < -0.4 is 10.1 Å². The van der Waals surface area contributed by atoms with Crippen LogP contribution in [0.15, 0.2) is 53.2 Å². The van der Waals surface area contributed by atoms with Gasteiger partial charge in [-0.15, -0.1) is 0 Å². The molecule has 1 unspecified atom stereocenters. The van der Waals surface area contributed by atoms with Gasteiger partial charge in [0.05, 0.1) is 18.8 Å². The van der Waals surface area contributed by atoms with E-state index in [1.54, 1.807) is 14.0 Å². The fourth-order valence-corrected chi connectivity index (χ4v) is 2.99. The first kappa shape index (κ1) is 16.3. The molecule has 0 aliphatic heterocycles. The summed E-state index contributed by atoms with van der Waals surface area (Å²) in [7, 11) is 1.66. The van der Waals surface area contributed by atoms with Crippen molar-refractivity contribution in [2.75, 3.05) is 7.11 Å². The molecular weight excluding hydrogens is 330 g/mol. The zero-order valence-corrected chi connectivity index (χ0v) is 14.6. The van der Waals surface area contributed by atoms with Gasteiger partial charge < -0.3 is 9.26 Å². The van der Waals surface area contributed by atoms with Crippen LogP contribution in [0.4, 0.5) is 0 Å². The average molecular weight is 349 g/mol. The Hall–Kier alpha value is -3.19. The maximum atomic E-state index is 5.51. The first-order valence-corrected chi connectivity index (χ1v) is 8.33. The number of nitrogens with one attached hydrogen (secondary N) is 2. The number of ether oxygens (including phenoxy) is 1. The van der Waals surface area contributed by atoms with Crippen LogP contribution in [0.2, 0.25) is 0 Å². The molecule has 0 saturated heterocycles. The molecule has 0 bridgehead atoms. The SMILES string of the molecule is COc1ccccc1C(NCc1ccc2cn[nH]c2c1)c1noc(C)n1.